The third kappa shape index (κ3) is 4.67. The number of hydrogen-bond acceptors (Lipinski definition) is 3. The van der Waals surface area contributed by atoms with Crippen LogP contribution < -0.4 is 5.32 Å². The Balaban J connectivity index is 1.75. The molecule has 0 bridgehead atoms. The van der Waals surface area contributed by atoms with E-state index in [1.165, 1.54) is 25.0 Å². The molecule has 19 heavy (non-hydrogen) atoms. The highest BCUT2D eigenvalue weighted by atomic mass is 35.5. The lowest BCUT2D eigenvalue weighted by Gasteiger charge is -2.17. The minimum Gasteiger partial charge on any atom is -0.387 e. The molecule has 2 rings (SSSR count). The second-order valence-corrected chi connectivity index (χ2v) is 7.08. The first-order valence-electron chi connectivity index (χ1n) is 6.97. The molecule has 2 nitrogen and oxygen atoms in total. The fraction of sp³-hybridized carbons (Fsp3) is 0.600. The van der Waals surface area contributed by atoms with Crippen LogP contribution in [0.25, 0.3) is 0 Å². The Morgan fingerprint density at radius 3 is 2.79 bits per heavy atom. The van der Waals surface area contributed by atoms with Crippen molar-refractivity contribution in [2.75, 3.05) is 12.3 Å². The summed E-state index contributed by atoms with van der Waals surface area (Å²) in [7, 11) is 0. The minimum absolute atomic E-state index is 0.449. The topological polar surface area (TPSA) is 32.3 Å². The van der Waals surface area contributed by atoms with E-state index >= 15 is 0 Å². The molecule has 106 valence electrons. The molecule has 0 spiro atoms. The Morgan fingerprint density at radius 1 is 1.37 bits per heavy atom. The molecule has 1 aliphatic carbocycles. The van der Waals surface area contributed by atoms with Crippen LogP contribution in [0.15, 0.2) is 24.3 Å². The van der Waals surface area contributed by atoms with Crippen molar-refractivity contribution in [3.63, 3.8) is 0 Å². The molecule has 3 atom stereocenters. The van der Waals surface area contributed by atoms with E-state index < -0.39 is 6.10 Å². The van der Waals surface area contributed by atoms with Crippen molar-refractivity contribution in [3.05, 3.63) is 34.9 Å². The molecule has 1 saturated carbocycles. The van der Waals surface area contributed by atoms with E-state index in [4.69, 9.17) is 11.6 Å². The van der Waals surface area contributed by atoms with Crippen LogP contribution in [0.3, 0.4) is 0 Å². The first-order valence-corrected chi connectivity index (χ1v) is 8.40. The average molecular weight is 300 g/mol. The molecule has 3 unspecified atom stereocenters. The van der Waals surface area contributed by atoms with Gasteiger partial charge in [0, 0.05) is 22.9 Å². The summed E-state index contributed by atoms with van der Waals surface area (Å²) in [5.74, 6) is 1.20. The zero-order valence-electron chi connectivity index (χ0n) is 11.3. The summed E-state index contributed by atoms with van der Waals surface area (Å²) in [5.41, 5.74) is 0.925. The van der Waals surface area contributed by atoms with Crippen LogP contribution in [-0.2, 0) is 0 Å². The molecule has 2 N–H and O–H groups in total. The van der Waals surface area contributed by atoms with Crippen LogP contribution in [-0.4, -0.2) is 28.7 Å². The molecule has 0 radical (unpaired) electrons. The first kappa shape index (κ1) is 15.2. The highest BCUT2D eigenvalue weighted by Gasteiger charge is 2.24. The maximum atomic E-state index is 10.1. The summed E-state index contributed by atoms with van der Waals surface area (Å²) in [4.78, 5) is 0. The van der Waals surface area contributed by atoms with Crippen LogP contribution in [0, 0.1) is 0 Å². The maximum absolute atomic E-state index is 10.1. The maximum Gasteiger partial charge on any atom is 0.0914 e. The predicted octanol–water partition coefficient (Wildman–Crippen LogP) is 3.64. The van der Waals surface area contributed by atoms with Gasteiger partial charge in [-0.2, -0.15) is 11.8 Å². The molecule has 1 aliphatic rings. The molecule has 4 heteroatoms. The van der Waals surface area contributed by atoms with Gasteiger partial charge in [0.15, 0.2) is 0 Å². The summed E-state index contributed by atoms with van der Waals surface area (Å²) in [5, 5.41) is 15.1. The van der Waals surface area contributed by atoms with E-state index in [1.807, 2.05) is 24.3 Å². The molecule has 0 amide bonds. The summed E-state index contributed by atoms with van der Waals surface area (Å²) in [6.45, 7) is 2.84. The average Bonchev–Trinajstić information content (AvgIpc) is 2.85. The fourth-order valence-electron chi connectivity index (χ4n) is 2.59. The van der Waals surface area contributed by atoms with Crippen LogP contribution in [0.1, 0.15) is 37.9 Å². The van der Waals surface area contributed by atoms with Gasteiger partial charge in [-0.3, -0.25) is 0 Å². The van der Waals surface area contributed by atoms with Crippen LogP contribution in [0.2, 0.25) is 5.02 Å². The second kappa shape index (κ2) is 7.53. The quantitative estimate of drug-likeness (QED) is 0.841. The van der Waals surface area contributed by atoms with E-state index in [9.17, 15) is 5.11 Å². The molecule has 0 aromatic heterocycles. The van der Waals surface area contributed by atoms with Crippen molar-refractivity contribution in [1.82, 2.24) is 5.32 Å². The number of halogens is 1. The van der Waals surface area contributed by atoms with Gasteiger partial charge < -0.3 is 10.4 Å². The Kier molecular flexibility index (Phi) is 6.02. The zero-order valence-corrected chi connectivity index (χ0v) is 12.9. The van der Waals surface area contributed by atoms with E-state index in [0.717, 1.165) is 10.8 Å². The number of nitrogens with one attached hydrogen (secondary N) is 1. The lowest BCUT2D eigenvalue weighted by molar-refractivity contribution is 0.170. The van der Waals surface area contributed by atoms with E-state index in [1.54, 1.807) is 0 Å². The van der Waals surface area contributed by atoms with Gasteiger partial charge in [-0.25, -0.2) is 0 Å². The lowest BCUT2D eigenvalue weighted by Crippen LogP contribution is -2.31. The summed E-state index contributed by atoms with van der Waals surface area (Å²) in [6.07, 6.45) is 3.31. The smallest absolute Gasteiger partial charge is 0.0914 e. The highest BCUT2D eigenvalue weighted by Crippen LogP contribution is 2.29. The first-order chi connectivity index (χ1) is 9.19. The molecule has 1 aromatic rings. The van der Waals surface area contributed by atoms with Crippen molar-refractivity contribution < 1.29 is 5.11 Å². The Morgan fingerprint density at radius 2 is 2.11 bits per heavy atom. The highest BCUT2D eigenvalue weighted by molar-refractivity contribution is 7.99. The number of aliphatic hydroxyl groups is 1. The molecule has 0 aliphatic heterocycles. The van der Waals surface area contributed by atoms with Crippen LogP contribution in [0.5, 0.6) is 0 Å². The van der Waals surface area contributed by atoms with Crippen molar-refractivity contribution >= 4 is 23.4 Å². The third-order valence-corrected chi connectivity index (χ3v) is 5.13. The van der Waals surface area contributed by atoms with Crippen molar-refractivity contribution in [2.24, 2.45) is 0 Å². The van der Waals surface area contributed by atoms with Crippen molar-refractivity contribution in [3.8, 4) is 0 Å². The van der Waals surface area contributed by atoms with Crippen molar-refractivity contribution in [2.45, 2.75) is 43.6 Å². The van der Waals surface area contributed by atoms with Crippen LogP contribution >= 0.6 is 23.4 Å². The molecule has 0 saturated heterocycles. The molecule has 0 heterocycles. The second-order valence-electron chi connectivity index (χ2n) is 5.06. The number of benzene rings is 1. The molecular weight excluding hydrogens is 278 g/mol. The number of rotatable bonds is 6. The monoisotopic (exact) mass is 299 g/mol. The molecular formula is C15H22ClNOS. The number of thioether (sulfide) groups is 1. The fourth-order valence-corrected chi connectivity index (χ4v) is 3.86. The minimum atomic E-state index is -0.449. The summed E-state index contributed by atoms with van der Waals surface area (Å²) < 4.78 is 0. The molecule has 1 fully saturated rings. The third-order valence-electron chi connectivity index (χ3n) is 3.64. The zero-order chi connectivity index (χ0) is 13.7. The van der Waals surface area contributed by atoms with Gasteiger partial charge in [0.2, 0.25) is 0 Å². The summed E-state index contributed by atoms with van der Waals surface area (Å²) >= 11 is 7.90. The van der Waals surface area contributed by atoms with Gasteiger partial charge in [-0.1, -0.05) is 30.7 Å². The molecule has 1 aromatic carbocycles. The van der Waals surface area contributed by atoms with Gasteiger partial charge in [-0.15, -0.1) is 0 Å². The lowest BCUT2D eigenvalue weighted by atomic mass is 10.1. The van der Waals surface area contributed by atoms with Gasteiger partial charge in [0.1, 0.15) is 0 Å². The van der Waals surface area contributed by atoms with Crippen LogP contribution in [0.4, 0.5) is 0 Å². The largest absolute Gasteiger partial charge is 0.387 e. The van der Waals surface area contributed by atoms with Crippen molar-refractivity contribution in [1.29, 1.82) is 0 Å². The summed E-state index contributed by atoms with van der Waals surface area (Å²) in [6, 6.07) is 7.98. The van der Waals surface area contributed by atoms with Gasteiger partial charge in [-0.05, 0) is 42.7 Å². The predicted molar refractivity (Wildman–Crippen MR) is 84.0 cm³/mol. The Bertz CT molecular complexity index is 384. The number of hydrogen-bond donors (Lipinski definition) is 2. The van der Waals surface area contributed by atoms with Gasteiger partial charge >= 0.3 is 0 Å². The normalized spacial score (nSPS) is 24.6. The Labute approximate surface area is 124 Å². The number of aliphatic hydroxyl groups excluding tert-OH is 1. The Hall–Kier alpha value is -0.220. The van der Waals surface area contributed by atoms with E-state index in [0.29, 0.717) is 17.6 Å². The van der Waals surface area contributed by atoms with Gasteiger partial charge in [0.25, 0.3) is 0 Å². The van der Waals surface area contributed by atoms with Gasteiger partial charge in [0.05, 0.1) is 6.10 Å². The van der Waals surface area contributed by atoms with E-state index in [2.05, 4.69) is 24.0 Å². The van der Waals surface area contributed by atoms with E-state index in [-0.39, 0.29) is 0 Å². The SMILES string of the molecule is CCSC1CCC(NCC(O)c2ccc(Cl)cc2)C1. The standard InChI is InChI=1S/C15H22ClNOS/c1-2-19-14-8-7-13(9-14)17-10-15(18)11-3-5-12(16)6-4-11/h3-6,13-15,17-18H,2,7-10H2,1H3.